The number of para-hydroxylation sites is 1. The van der Waals surface area contributed by atoms with Crippen molar-refractivity contribution in [2.24, 2.45) is 5.92 Å². The van der Waals surface area contributed by atoms with Crippen molar-refractivity contribution in [3.05, 3.63) is 106 Å². The second kappa shape index (κ2) is 9.45. The molecule has 0 spiro atoms. The summed E-state index contributed by atoms with van der Waals surface area (Å²) < 4.78 is 0. The van der Waals surface area contributed by atoms with Gasteiger partial charge in [-0.25, -0.2) is 0 Å². The molecule has 0 saturated carbocycles. The summed E-state index contributed by atoms with van der Waals surface area (Å²) in [5.74, 6) is -0.241. The first kappa shape index (κ1) is 24.1. The Balaban J connectivity index is 1.63. The number of nitro benzene ring substituents is 1. The number of benzene rings is 3. The van der Waals surface area contributed by atoms with Crippen LogP contribution >= 0.6 is 69.8 Å². The lowest BCUT2D eigenvalue weighted by atomic mass is 9.77. The van der Waals surface area contributed by atoms with E-state index in [1.165, 1.54) is 17.8 Å². The fourth-order valence-electron chi connectivity index (χ4n) is 4.71. The van der Waals surface area contributed by atoms with Gasteiger partial charge in [-0.2, -0.15) is 0 Å². The molecule has 2 aliphatic rings. The van der Waals surface area contributed by atoms with Crippen LogP contribution in [-0.4, -0.2) is 4.92 Å². The van der Waals surface area contributed by atoms with Crippen LogP contribution in [0.4, 0.5) is 11.4 Å². The van der Waals surface area contributed by atoms with Crippen molar-refractivity contribution in [3.8, 4) is 0 Å². The maximum atomic E-state index is 11.5. The predicted molar refractivity (Wildman–Crippen MR) is 142 cm³/mol. The molecule has 10 heteroatoms. The lowest BCUT2D eigenvalue weighted by Crippen LogP contribution is -2.30. The molecule has 34 heavy (non-hydrogen) atoms. The average molecular weight is 573 g/mol. The van der Waals surface area contributed by atoms with E-state index in [9.17, 15) is 10.1 Å². The normalized spacial score (nSPS) is 21.1. The Morgan fingerprint density at radius 2 is 1.71 bits per heavy atom. The zero-order valence-electron chi connectivity index (χ0n) is 17.2. The van der Waals surface area contributed by atoms with Crippen molar-refractivity contribution in [2.45, 2.75) is 23.3 Å². The van der Waals surface area contributed by atoms with E-state index in [1.54, 1.807) is 30.3 Å². The highest BCUT2D eigenvalue weighted by atomic mass is 35.5. The van der Waals surface area contributed by atoms with Crippen molar-refractivity contribution in [3.63, 3.8) is 0 Å². The summed E-state index contributed by atoms with van der Waals surface area (Å²) in [5.41, 5.74) is 2.50. The van der Waals surface area contributed by atoms with Crippen molar-refractivity contribution in [1.82, 2.24) is 0 Å². The van der Waals surface area contributed by atoms with Crippen LogP contribution in [0.1, 0.15) is 29.5 Å². The van der Waals surface area contributed by atoms with Crippen LogP contribution in [-0.2, 0) is 0 Å². The van der Waals surface area contributed by atoms with E-state index in [0.717, 1.165) is 21.7 Å². The number of anilines is 1. The molecule has 0 fully saturated rings. The molecule has 0 amide bonds. The van der Waals surface area contributed by atoms with Gasteiger partial charge >= 0.3 is 0 Å². The van der Waals surface area contributed by atoms with E-state index in [2.05, 4.69) is 5.32 Å². The maximum absolute atomic E-state index is 11.5. The van der Waals surface area contributed by atoms with E-state index in [0.29, 0.717) is 36.4 Å². The summed E-state index contributed by atoms with van der Waals surface area (Å²) in [6, 6.07) is 15.5. The molecule has 4 nitrogen and oxygen atoms in total. The van der Waals surface area contributed by atoms with E-state index in [4.69, 9.17) is 58.0 Å². The van der Waals surface area contributed by atoms with Crippen molar-refractivity contribution in [2.75, 3.05) is 5.32 Å². The zero-order valence-corrected chi connectivity index (χ0v) is 21.8. The van der Waals surface area contributed by atoms with Gasteiger partial charge in [-0.3, -0.25) is 10.1 Å². The second-order valence-corrected chi connectivity index (χ2v) is 11.2. The second-order valence-electron chi connectivity index (χ2n) is 8.06. The minimum absolute atomic E-state index is 0.0317. The Morgan fingerprint density at radius 3 is 2.47 bits per heavy atom. The zero-order chi connectivity index (χ0) is 24.1. The molecule has 0 unspecified atom stereocenters. The molecule has 0 saturated heterocycles. The number of thioether (sulfide) groups is 1. The minimum atomic E-state index is -0.385. The molecule has 5 rings (SSSR count). The van der Waals surface area contributed by atoms with Gasteiger partial charge in [0, 0.05) is 26.9 Å². The maximum Gasteiger partial charge on any atom is 0.283 e. The van der Waals surface area contributed by atoms with Gasteiger partial charge < -0.3 is 5.32 Å². The van der Waals surface area contributed by atoms with Gasteiger partial charge in [0.05, 0.1) is 36.6 Å². The lowest BCUT2D eigenvalue weighted by Gasteiger charge is -2.39. The Hall–Kier alpha value is -1.60. The molecular formula is C24H15Cl5N2O2S. The SMILES string of the molecule is O=[N+]([O-])c1ccccc1SC1=C(Cl)[C@@H]2c3cc(Cl)cc(Cl)c3N[C@@H](c3cccc(Cl)c3Cl)[C@@H]2C1. The number of rotatable bonds is 4. The van der Waals surface area contributed by atoms with Gasteiger partial charge in [-0.1, -0.05) is 94.0 Å². The molecular weight excluding hydrogens is 558 g/mol. The third-order valence-electron chi connectivity index (χ3n) is 6.15. The molecule has 174 valence electrons. The van der Waals surface area contributed by atoms with Gasteiger partial charge in [-0.05, 0) is 47.7 Å². The van der Waals surface area contributed by atoms with E-state index in [1.807, 2.05) is 18.2 Å². The highest BCUT2D eigenvalue weighted by Crippen LogP contribution is 2.61. The average Bonchev–Trinajstić information content (AvgIpc) is 3.12. The molecule has 0 aromatic heterocycles. The first-order chi connectivity index (χ1) is 16.3. The van der Waals surface area contributed by atoms with Crippen molar-refractivity contribution >= 4 is 81.1 Å². The largest absolute Gasteiger partial charge is 0.376 e. The third-order valence-corrected chi connectivity index (χ3v) is 9.27. The topological polar surface area (TPSA) is 55.2 Å². The van der Waals surface area contributed by atoms with Gasteiger partial charge in [-0.15, -0.1) is 0 Å². The lowest BCUT2D eigenvalue weighted by molar-refractivity contribution is -0.387. The smallest absolute Gasteiger partial charge is 0.283 e. The van der Waals surface area contributed by atoms with E-state index in [-0.39, 0.29) is 28.5 Å². The fourth-order valence-corrected chi connectivity index (χ4v) is 7.33. The molecule has 1 heterocycles. The Labute approximate surface area is 225 Å². The number of hydrogen-bond donors (Lipinski definition) is 1. The number of hydrogen-bond acceptors (Lipinski definition) is 4. The molecule has 3 aromatic carbocycles. The first-order valence-corrected chi connectivity index (χ1v) is 13.0. The Morgan fingerprint density at radius 1 is 0.941 bits per heavy atom. The number of nitro groups is 1. The molecule has 1 N–H and O–H groups in total. The first-order valence-electron chi connectivity index (χ1n) is 10.3. The van der Waals surface area contributed by atoms with Crippen molar-refractivity contribution in [1.29, 1.82) is 0 Å². The summed E-state index contributed by atoms with van der Waals surface area (Å²) in [7, 11) is 0. The number of halogens is 5. The Kier molecular flexibility index (Phi) is 6.70. The van der Waals surface area contributed by atoms with Crippen molar-refractivity contribution < 1.29 is 4.92 Å². The summed E-state index contributed by atoms with van der Waals surface area (Å²) in [6.45, 7) is 0. The molecule has 3 aromatic rings. The Bertz CT molecular complexity index is 1360. The summed E-state index contributed by atoms with van der Waals surface area (Å²) in [6.07, 6.45) is 0.588. The van der Waals surface area contributed by atoms with Crippen LogP contribution in [0.3, 0.4) is 0 Å². The van der Waals surface area contributed by atoms with Crippen LogP contribution < -0.4 is 5.32 Å². The highest BCUT2D eigenvalue weighted by Gasteiger charge is 2.46. The van der Waals surface area contributed by atoms with Crippen LogP contribution in [0.2, 0.25) is 20.1 Å². The monoisotopic (exact) mass is 570 g/mol. The minimum Gasteiger partial charge on any atom is -0.376 e. The molecule has 1 aliphatic carbocycles. The van der Waals surface area contributed by atoms with Crippen LogP contribution in [0.5, 0.6) is 0 Å². The predicted octanol–water partition coefficient (Wildman–Crippen LogP) is 9.72. The quantitative estimate of drug-likeness (QED) is 0.250. The van der Waals surface area contributed by atoms with Crippen LogP contribution in [0.25, 0.3) is 0 Å². The highest BCUT2D eigenvalue weighted by molar-refractivity contribution is 8.03. The van der Waals surface area contributed by atoms with E-state index < -0.39 is 0 Å². The number of nitrogens with zero attached hydrogens (tertiary/aromatic N) is 1. The van der Waals surface area contributed by atoms with Gasteiger partial charge in [0.2, 0.25) is 0 Å². The number of fused-ring (bicyclic) bond motifs is 3. The molecule has 0 bridgehead atoms. The standard InChI is InChI=1S/C24H15Cl5N2O2S/c25-11-8-13-20-14(10-19(22(20)29)34-18-7-2-1-6-17(18)31(32)33)23(30-24(13)16(27)9-11)12-4-3-5-15(26)21(12)28/h1-9,14,20,23,30H,10H2/t14-,20-,23+/m1/s1. The van der Waals surface area contributed by atoms with Crippen LogP contribution in [0.15, 0.2) is 69.4 Å². The van der Waals surface area contributed by atoms with E-state index >= 15 is 0 Å². The molecule has 0 radical (unpaired) electrons. The van der Waals surface area contributed by atoms with Gasteiger partial charge in [0.1, 0.15) is 0 Å². The summed E-state index contributed by atoms with van der Waals surface area (Å²) >= 11 is 34.2. The number of nitrogens with one attached hydrogen (secondary N) is 1. The molecule has 1 aliphatic heterocycles. The molecule has 3 atom stereocenters. The number of allylic oxidation sites excluding steroid dienone is 2. The summed E-state index contributed by atoms with van der Waals surface area (Å²) in [5, 5.41) is 17.6. The summed E-state index contributed by atoms with van der Waals surface area (Å²) in [4.78, 5) is 12.6. The van der Waals surface area contributed by atoms with Crippen LogP contribution in [0, 0.1) is 16.0 Å². The van der Waals surface area contributed by atoms with Gasteiger partial charge in [0.15, 0.2) is 0 Å². The fraction of sp³-hybridized carbons (Fsp3) is 0.167. The third kappa shape index (κ3) is 4.17. The van der Waals surface area contributed by atoms with Gasteiger partial charge in [0.25, 0.3) is 5.69 Å².